The molecule has 0 radical (unpaired) electrons. The van der Waals surface area contributed by atoms with Crippen LogP contribution in [0.25, 0.3) is 0 Å². The zero-order valence-corrected chi connectivity index (χ0v) is 18.7. The fraction of sp³-hybridized carbons (Fsp3) is 0.476. The second-order valence-corrected chi connectivity index (χ2v) is 10.1. The Morgan fingerprint density at radius 2 is 1.70 bits per heavy atom. The van der Waals surface area contributed by atoms with Crippen LogP contribution in [-0.2, 0) is 21.5 Å². The van der Waals surface area contributed by atoms with E-state index in [1.165, 1.54) is 23.2 Å². The monoisotopic (exact) mass is 493 g/mol. The lowest BCUT2D eigenvalue weighted by Crippen LogP contribution is -2.55. The molecular weight excluding hydrogens is 469 g/mol. The van der Waals surface area contributed by atoms with E-state index in [1.54, 1.807) is 6.92 Å². The molecule has 0 saturated carbocycles. The Morgan fingerprint density at radius 3 is 2.21 bits per heavy atom. The van der Waals surface area contributed by atoms with Gasteiger partial charge in [0.2, 0.25) is 10.0 Å². The predicted molar refractivity (Wildman–Crippen MR) is 110 cm³/mol. The largest absolute Gasteiger partial charge is 0.421 e. The summed E-state index contributed by atoms with van der Waals surface area (Å²) in [6, 6.07) is 5.87. The Balaban J connectivity index is 1.72. The molecule has 3 rings (SSSR count). The van der Waals surface area contributed by atoms with Gasteiger partial charge < -0.3 is 5.11 Å². The van der Waals surface area contributed by atoms with Crippen molar-refractivity contribution >= 4 is 10.0 Å². The molecule has 2 heterocycles. The summed E-state index contributed by atoms with van der Waals surface area (Å²) in [5, 5.41) is 9.76. The van der Waals surface area contributed by atoms with Crippen LogP contribution in [-0.4, -0.2) is 66.1 Å². The predicted octanol–water partition coefficient (Wildman–Crippen LogP) is 3.34. The second kappa shape index (κ2) is 8.90. The number of benzene rings is 1. The molecule has 1 aromatic heterocycles. The molecular formula is C21H24F5N3O3S. The molecule has 1 unspecified atom stereocenters. The highest BCUT2D eigenvalue weighted by molar-refractivity contribution is 7.89. The summed E-state index contributed by atoms with van der Waals surface area (Å²) >= 11 is 0. The molecule has 182 valence electrons. The van der Waals surface area contributed by atoms with Gasteiger partial charge in [-0.05, 0) is 43.7 Å². The maximum Gasteiger partial charge on any atom is 0.421 e. The molecule has 1 aliphatic rings. The van der Waals surface area contributed by atoms with E-state index in [9.17, 15) is 35.5 Å². The van der Waals surface area contributed by atoms with Gasteiger partial charge in [-0.2, -0.15) is 26.3 Å². The number of nitrogens with zero attached hydrogens (tertiary/aromatic N) is 3. The van der Waals surface area contributed by atoms with Crippen LogP contribution in [0.2, 0.25) is 0 Å². The lowest BCUT2D eigenvalue weighted by Gasteiger charge is -2.40. The molecule has 1 fully saturated rings. The van der Waals surface area contributed by atoms with Crippen LogP contribution in [0.5, 0.6) is 0 Å². The van der Waals surface area contributed by atoms with Gasteiger partial charge in [0.15, 0.2) is 5.60 Å². The average molecular weight is 493 g/mol. The number of hydrogen-bond donors (Lipinski definition) is 1. The van der Waals surface area contributed by atoms with Crippen LogP contribution in [0, 0.1) is 0 Å². The van der Waals surface area contributed by atoms with Crippen LogP contribution in [0.4, 0.5) is 22.0 Å². The van der Waals surface area contributed by atoms with Crippen LogP contribution in [0.15, 0.2) is 53.7 Å². The number of aliphatic hydroxyl groups is 1. The molecule has 0 bridgehead atoms. The van der Waals surface area contributed by atoms with Gasteiger partial charge in [-0.15, -0.1) is 0 Å². The van der Waals surface area contributed by atoms with Crippen LogP contribution < -0.4 is 0 Å². The van der Waals surface area contributed by atoms with E-state index >= 15 is 0 Å². The van der Waals surface area contributed by atoms with Gasteiger partial charge in [0, 0.05) is 43.6 Å². The lowest BCUT2D eigenvalue weighted by molar-refractivity contribution is -0.258. The van der Waals surface area contributed by atoms with Gasteiger partial charge in [0.25, 0.3) is 5.92 Å². The normalized spacial score (nSPS) is 21.0. The van der Waals surface area contributed by atoms with Crippen molar-refractivity contribution < 1.29 is 35.5 Å². The van der Waals surface area contributed by atoms with Crippen molar-refractivity contribution in [2.45, 2.75) is 42.5 Å². The molecule has 33 heavy (non-hydrogen) atoms. The van der Waals surface area contributed by atoms with E-state index in [-0.39, 0.29) is 30.1 Å². The van der Waals surface area contributed by atoms with E-state index in [4.69, 9.17) is 0 Å². The van der Waals surface area contributed by atoms with Gasteiger partial charge in [-0.1, -0.05) is 12.1 Å². The fourth-order valence-corrected chi connectivity index (χ4v) is 5.33. The number of rotatable bonds is 6. The summed E-state index contributed by atoms with van der Waals surface area (Å²) in [4.78, 5) is 4.93. The van der Waals surface area contributed by atoms with Gasteiger partial charge >= 0.3 is 6.18 Å². The molecule has 1 aromatic carbocycles. The van der Waals surface area contributed by atoms with E-state index in [0.717, 1.165) is 34.8 Å². The summed E-state index contributed by atoms with van der Waals surface area (Å²) in [7, 11) is -4.08. The molecule has 2 aromatic rings. The minimum atomic E-state index is -4.93. The Morgan fingerprint density at radius 1 is 1.06 bits per heavy atom. The lowest BCUT2D eigenvalue weighted by atomic mass is 9.96. The topological polar surface area (TPSA) is 73.7 Å². The molecule has 1 saturated heterocycles. The minimum absolute atomic E-state index is 0.0515. The number of hydrogen-bond acceptors (Lipinski definition) is 5. The molecule has 1 aliphatic heterocycles. The zero-order valence-electron chi connectivity index (χ0n) is 17.9. The van der Waals surface area contributed by atoms with Crippen LogP contribution >= 0.6 is 0 Å². The number of pyridine rings is 1. The van der Waals surface area contributed by atoms with Crippen molar-refractivity contribution in [1.29, 1.82) is 0 Å². The van der Waals surface area contributed by atoms with E-state index < -0.39 is 45.9 Å². The van der Waals surface area contributed by atoms with Crippen molar-refractivity contribution in [3.63, 3.8) is 0 Å². The number of alkyl halides is 5. The van der Waals surface area contributed by atoms with E-state index in [2.05, 4.69) is 4.98 Å². The fourth-order valence-electron chi connectivity index (χ4n) is 3.72. The van der Waals surface area contributed by atoms with Crippen molar-refractivity contribution in [2.24, 2.45) is 0 Å². The highest BCUT2D eigenvalue weighted by atomic mass is 32.2. The first-order valence-corrected chi connectivity index (χ1v) is 11.5. The summed E-state index contributed by atoms with van der Waals surface area (Å²) < 4.78 is 95.4. The molecule has 0 spiro atoms. The van der Waals surface area contributed by atoms with Crippen LogP contribution in [0.1, 0.15) is 25.0 Å². The first-order chi connectivity index (χ1) is 15.2. The average Bonchev–Trinajstić information content (AvgIpc) is 2.73. The van der Waals surface area contributed by atoms with Crippen LogP contribution in [0.3, 0.4) is 0 Å². The first kappa shape index (κ1) is 25.5. The first-order valence-electron chi connectivity index (χ1n) is 10.1. The van der Waals surface area contributed by atoms with Crippen molar-refractivity contribution in [3.8, 4) is 0 Å². The standard InChI is InChI=1S/C21H24F5N3O3S/c1-15-13-28(14-20(22,23)17-4-3-9-27-12-17)10-11-29(15)33(31,32)18-7-5-16(6-8-18)19(2,30)21(24,25)26/h3-9,12,15,30H,10-11,13-14H2,1-2H3/t15-,19?/m1/s1. The van der Waals surface area contributed by atoms with E-state index in [1.807, 2.05) is 0 Å². The summed E-state index contributed by atoms with van der Waals surface area (Å²) in [6.07, 6.45) is -2.46. The third-order valence-corrected chi connectivity index (χ3v) is 7.76. The third kappa shape index (κ3) is 5.18. The zero-order chi connectivity index (χ0) is 24.7. The highest BCUT2D eigenvalue weighted by Gasteiger charge is 2.51. The van der Waals surface area contributed by atoms with Gasteiger partial charge in [0.1, 0.15) is 0 Å². The number of halogens is 5. The SMILES string of the molecule is C[C@@H]1CN(CC(F)(F)c2cccnc2)CCN1S(=O)(=O)c1ccc(C(C)(O)C(F)(F)F)cc1. The minimum Gasteiger partial charge on any atom is -0.376 e. The molecule has 0 aliphatic carbocycles. The number of aromatic nitrogens is 1. The van der Waals surface area contributed by atoms with Gasteiger partial charge in [-0.25, -0.2) is 8.42 Å². The Hall–Kier alpha value is -2.15. The van der Waals surface area contributed by atoms with Crippen molar-refractivity contribution in [2.75, 3.05) is 26.2 Å². The molecule has 6 nitrogen and oxygen atoms in total. The number of sulfonamides is 1. The maximum atomic E-state index is 14.6. The van der Waals surface area contributed by atoms with E-state index in [0.29, 0.717) is 6.92 Å². The third-order valence-electron chi connectivity index (χ3n) is 5.73. The second-order valence-electron chi connectivity index (χ2n) is 8.24. The van der Waals surface area contributed by atoms with Gasteiger partial charge in [-0.3, -0.25) is 9.88 Å². The van der Waals surface area contributed by atoms with Gasteiger partial charge in [0.05, 0.1) is 11.4 Å². The van der Waals surface area contributed by atoms with Crippen molar-refractivity contribution in [3.05, 3.63) is 59.9 Å². The Kier molecular flexibility index (Phi) is 6.87. The smallest absolute Gasteiger partial charge is 0.376 e. The maximum absolute atomic E-state index is 14.6. The Bertz CT molecular complexity index is 1060. The molecule has 12 heteroatoms. The summed E-state index contributed by atoms with van der Waals surface area (Å²) in [5.41, 5.74) is -3.86. The molecule has 2 atom stereocenters. The number of piperazine rings is 1. The summed E-state index contributed by atoms with van der Waals surface area (Å²) in [6.45, 7) is 1.61. The van der Waals surface area contributed by atoms with Crippen molar-refractivity contribution in [1.82, 2.24) is 14.2 Å². The molecule has 0 amide bonds. The quantitative estimate of drug-likeness (QED) is 0.625. The Labute approximate surface area is 188 Å². The summed E-state index contributed by atoms with van der Waals surface area (Å²) in [5.74, 6) is -3.17. The highest BCUT2D eigenvalue weighted by Crippen LogP contribution is 2.39. The molecule has 1 N–H and O–H groups in total.